The van der Waals surface area contributed by atoms with Crippen LogP contribution in [0.5, 0.6) is 5.75 Å². The molecule has 2 rings (SSSR count). The summed E-state index contributed by atoms with van der Waals surface area (Å²) in [7, 11) is -2.21. The van der Waals surface area contributed by atoms with E-state index in [1.165, 1.54) is 18.9 Å². The van der Waals surface area contributed by atoms with Crippen LogP contribution in [0.4, 0.5) is 0 Å². The maximum absolute atomic E-state index is 12.7. The van der Waals surface area contributed by atoms with Crippen LogP contribution >= 0.6 is 0 Å². The summed E-state index contributed by atoms with van der Waals surface area (Å²) in [6.07, 6.45) is 1.05. The summed E-state index contributed by atoms with van der Waals surface area (Å²) >= 11 is 0. The minimum atomic E-state index is -3.65. The molecular weight excluding hydrogens is 424 g/mol. The van der Waals surface area contributed by atoms with E-state index < -0.39 is 33.3 Å². The quantitative estimate of drug-likeness (QED) is 0.556. The number of likely N-dealkylation sites (N-methyl/N-ethyl adjacent to an activating group) is 1. The van der Waals surface area contributed by atoms with E-state index in [4.69, 9.17) is 4.74 Å². The molecule has 1 atom stereocenters. The zero-order chi connectivity index (χ0) is 23.4. The first-order valence-corrected chi connectivity index (χ1v) is 11.7. The minimum absolute atomic E-state index is 0.0686. The molecule has 0 aliphatic carbocycles. The largest absolute Gasteiger partial charge is 0.491 e. The molecule has 11 heteroatoms. The molecule has 1 saturated heterocycles. The van der Waals surface area contributed by atoms with E-state index in [0.29, 0.717) is 0 Å². The van der Waals surface area contributed by atoms with Gasteiger partial charge in [0.2, 0.25) is 27.7 Å². The second-order valence-corrected chi connectivity index (χ2v) is 10.0. The van der Waals surface area contributed by atoms with Crippen molar-refractivity contribution in [2.75, 3.05) is 32.9 Å². The summed E-state index contributed by atoms with van der Waals surface area (Å²) < 4.78 is 30.2. The first kappa shape index (κ1) is 24.6. The molecule has 31 heavy (non-hydrogen) atoms. The van der Waals surface area contributed by atoms with Crippen molar-refractivity contribution in [1.29, 1.82) is 0 Å². The number of hydrogen-bond acceptors (Lipinski definition) is 6. The molecule has 10 nitrogen and oxygen atoms in total. The van der Waals surface area contributed by atoms with Crippen molar-refractivity contribution in [1.82, 2.24) is 19.8 Å². The lowest BCUT2D eigenvalue weighted by Crippen LogP contribution is -2.68. The Labute approximate surface area is 183 Å². The van der Waals surface area contributed by atoms with Gasteiger partial charge in [0.15, 0.2) is 0 Å². The fourth-order valence-corrected chi connectivity index (χ4v) is 3.90. The zero-order valence-electron chi connectivity index (χ0n) is 18.5. The topological polar surface area (TPSA) is 125 Å². The van der Waals surface area contributed by atoms with Gasteiger partial charge >= 0.3 is 0 Å². The molecule has 1 fully saturated rings. The number of benzene rings is 1. The summed E-state index contributed by atoms with van der Waals surface area (Å²) in [6, 6.07) is 7.29. The number of ether oxygens (including phenoxy) is 1. The fourth-order valence-electron chi connectivity index (χ4n) is 3.07. The minimum Gasteiger partial charge on any atom is -0.491 e. The average Bonchev–Trinajstić information content (AvgIpc) is 2.68. The van der Waals surface area contributed by atoms with Gasteiger partial charge in [-0.05, 0) is 38.5 Å². The Morgan fingerprint density at radius 1 is 1.19 bits per heavy atom. The molecule has 3 amide bonds. The van der Waals surface area contributed by atoms with Crippen molar-refractivity contribution in [2.24, 2.45) is 0 Å². The van der Waals surface area contributed by atoms with Crippen LogP contribution in [0.2, 0.25) is 0 Å². The lowest BCUT2D eigenvalue weighted by molar-refractivity contribution is -0.150. The van der Waals surface area contributed by atoms with Crippen molar-refractivity contribution in [3.8, 4) is 5.75 Å². The van der Waals surface area contributed by atoms with Crippen LogP contribution < -0.4 is 15.4 Å². The molecule has 1 aromatic carbocycles. The fraction of sp³-hybridized carbons (Fsp3) is 0.550. The Balaban J connectivity index is 1.90. The average molecular weight is 455 g/mol. The molecule has 1 aromatic rings. The number of sulfonamides is 1. The maximum Gasteiger partial charge on any atom is 0.247 e. The van der Waals surface area contributed by atoms with Gasteiger partial charge in [-0.1, -0.05) is 12.1 Å². The molecule has 0 radical (unpaired) electrons. The monoisotopic (exact) mass is 454 g/mol. The highest BCUT2D eigenvalue weighted by Gasteiger charge is 2.47. The standard InChI is InChI=1S/C20H30N4O6S/c1-14(2)30-16-8-6-15(7-9-16)10-21-17(25)11-22-19(27)20(3)13-24(31(5,28)29)12-18(26)23(20)4/h6-9,14H,10-13H2,1-5H3,(H,21,25)(H,22,27). The van der Waals surface area contributed by atoms with Gasteiger partial charge in [0.25, 0.3) is 0 Å². The van der Waals surface area contributed by atoms with Crippen LogP contribution in [0.3, 0.4) is 0 Å². The number of amides is 3. The van der Waals surface area contributed by atoms with Crippen molar-refractivity contribution in [3.05, 3.63) is 29.8 Å². The predicted molar refractivity (Wildman–Crippen MR) is 115 cm³/mol. The first-order chi connectivity index (χ1) is 14.3. The lowest BCUT2D eigenvalue weighted by atomic mass is 9.96. The smallest absolute Gasteiger partial charge is 0.247 e. The third kappa shape index (κ3) is 6.41. The lowest BCUT2D eigenvalue weighted by Gasteiger charge is -2.44. The van der Waals surface area contributed by atoms with E-state index in [9.17, 15) is 22.8 Å². The predicted octanol–water partition coefficient (Wildman–Crippen LogP) is -0.301. The SMILES string of the molecule is CC(C)Oc1ccc(CNC(=O)CNC(=O)C2(C)CN(S(C)(=O)=O)CC(=O)N2C)cc1. The molecule has 2 N–H and O–H groups in total. The molecule has 1 unspecified atom stereocenters. The zero-order valence-corrected chi connectivity index (χ0v) is 19.3. The van der Waals surface area contributed by atoms with E-state index >= 15 is 0 Å². The van der Waals surface area contributed by atoms with E-state index in [2.05, 4.69) is 10.6 Å². The van der Waals surface area contributed by atoms with Gasteiger partial charge in [0.1, 0.15) is 11.3 Å². The molecule has 0 aromatic heterocycles. The van der Waals surface area contributed by atoms with E-state index in [1.54, 1.807) is 0 Å². The molecule has 1 aliphatic rings. The van der Waals surface area contributed by atoms with Crippen molar-refractivity contribution < 1.29 is 27.5 Å². The molecule has 0 spiro atoms. The molecular formula is C20H30N4O6S. The second-order valence-electron chi connectivity index (χ2n) is 8.03. The van der Waals surface area contributed by atoms with Gasteiger partial charge in [-0.15, -0.1) is 0 Å². The second kappa shape index (κ2) is 9.65. The van der Waals surface area contributed by atoms with Gasteiger partial charge in [0, 0.05) is 20.1 Å². The van der Waals surface area contributed by atoms with Crippen LogP contribution in [0, 0.1) is 0 Å². The van der Waals surface area contributed by atoms with Crippen LogP contribution in [-0.2, 0) is 31.0 Å². The summed E-state index contributed by atoms with van der Waals surface area (Å²) in [5.74, 6) is -0.783. The number of carbonyl (C=O) groups is 3. The normalized spacial score (nSPS) is 19.9. The van der Waals surface area contributed by atoms with Crippen molar-refractivity contribution in [3.63, 3.8) is 0 Å². The number of carbonyl (C=O) groups excluding carboxylic acids is 3. The molecule has 0 saturated carbocycles. The summed E-state index contributed by atoms with van der Waals surface area (Å²) in [4.78, 5) is 38.3. The van der Waals surface area contributed by atoms with E-state index in [0.717, 1.165) is 21.9 Å². The summed E-state index contributed by atoms with van der Waals surface area (Å²) in [5, 5.41) is 5.20. The van der Waals surface area contributed by atoms with Crippen molar-refractivity contribution in [2.45, 2.75) is 39.0 Å². The van der Waals surface area contributed by atoms with Crippen LogP contribution in [0.15, 0.2) is 24.3 Å². The van der Waals surface area contributed by atoms with Gasteiger partial charge in [-0.3, -0.25) is 14.4 Å². The van der Waals surface area contributed by atoms with Crippen molar-refractivity contribution >= 4 is 27.7 Å². The maximum atomic E-state index is 12.7. The molecule has 1 aliphatic heterocycles. The highest BCUT2D eigenvalue weighted by Crippen LogP contribution is 2.22. The van der Waals surface area contributed by atoms with Gasteiger partial charge in [-0.2, -0.15) is 4.31 Å². The Kier molecular flexibility index (Phi) is 7.66. The third-order valence-electron chi connectivity index (χ3n) is 5.06. The number of piperazine rings is 1. The van der Waals surface area contributed by atoms with E-state index in [1.807, 2.05) is 38.1 Å². The highest BCUT2D eigenvalue weighted by atomic mass is 32.2. The van der Waals surface area contributed by atoms with Crippen LogP contribution in [0.25, 0.3) is 0 Å². The van der Waals surface area contributed by atoms with E-state index in [-0.39, 0.29) is 32.3 Å². The summed E-state index contributed by atoms with van der Waals surface area (Å²) in [5.41, 5.74) is -0.561. The Bertz CT molecular complexity index is 931. The number of rotatable bonds is 8. The number of nitrogens with zero attached hydrogens (tertiary/aromatic N) is 2. The van der Waals surface area contributed by atoms with Crippen LogP contribution in [-0.4, -0.2) is 79.9 Å². The van der Waals surface area contributed by atoms with Gasteiger partial charge in [0.05, 0.1) is 25.4 Å². The van der Waals surface area contributed by atoms with Gasteiger partial charge < -0.3 is 20.3 Å². The molecule has 0 bridgehead atoms. The summed E-state index contributed by atoms with van der Waals surface area (Å²) in [6.45, 7) is 4.80. The number of hydrogen-bond donors (Lipinski definition) is 2. The van der Waals surface area contributed by atoms with Crippen LogP contribution in [0.1, 0.15) is 26.3 Å². The third-order valence-corrected chi connectivity index (χ3v) is 6.26. The van der Waals surface area contributed by atoms with Gasteiger partial charge in [-0.25, -0.2) is 8.42 Å². The Hall–Kier alpha value is -2.66. The first-order valence-electron chi connectivity index (χ1n) is 9.85. The molecule has 1 heterocycles. The Morgan fingerprint density at radius 3 is 2.35 bits per heavy atom. The molecule has 172 valence electrons. The number of nitrogens with one attached hydrogen (secondary N) is 2. The highest BCUT2D eigenvalue weighted by molar-refractivity contribution is 7.88. The Morgan fingerprint density at radius 2 is 1.81 bits per heavy atom.